The summed E-state index contributed by atoms with van der Waals surface area (Å²) in [5.41, 5.74) is 1.14. The van der Waals surface area contributed by atoms with Gasteiger partial charge in [-0.25, -0.2) is 0 Å². The molecule has 0 aromatic heterocycles. The summed E-state index contributed by atoms with van der Waals surface area (Å²) in [4.78, 5) is 0. The lowest BCUT2D eigenvalue weighted by molar-refractivity contribution is 0.251. The molecule has 1 rings (SSSR count). The van der Waals surface area contributed by atoms with Gasteiger partial charge in [-0.3, -0.25) is 0 Å². The minimum atomic E-state index is 0.0447. The number of aliphatic hydroxyl groups is 1. The van der Waals surface area contributed by atoms with Crippen molar-refractivity contribution in [2.45, 2.75) is 6.04 Å². The van der Waals surface area contributed by atoms with Gasteiger partial charge in [0.15, 0.2) is 0 Å². The van der Waals surface area contributed by atoms with Gasteiger partial charge in [-0.1, -0.05) is 0 Å². The van der Waals surface area contributed by atoms with Gasteiger partial charge in [0.05, 0.1) is 12.6 Å². The summed E-state index contributed by atoms with van der Waals surface area (Å²) < 4.78 is 2.40. The van der Waals surface area contributed by atoms with Crippen LogP contribution < -0.4 is 5.32 Å². The number of hydrogen-bond donors (Lipinski definition) is 2. The second kappa shape index (κ2) is 5.47. The van der Waals surface area contributed by atoms with E-state index in [1.165, 1.54) is 7.14 Å². The molecule has 0 aliphatic heterocycles. The molecule has 0 heterocycles. The second-order valence-corrected chi connectivity index (χ2v) is 5.22. The number of rotatable bonds is 3. The van der Waals surface area contributed by atoms with Crippen LogP contribution in [0.25, 0.3) is 0 Å². The highest BCUT2D eigenvalue weighted by atomic mass is 127. The van der Waals surface area contributed by atoms with Crippen LogP contribution >= 0.6 is 45.2 Å². The predicted octanol–water partition coefficient (Wildman–Crippen LogP) is 2.15. The molecule has 2 nitrogen and oxygen atoms in total. The first-order valence-corrected chi connectivity index (χ1v) is 6.07. The number of aliphatic hydroxyl groups excluding tert-OH is 1. The second-order valence-electron chi connectivity index (χ2n) is 2.73. The fraction of sp³-hybridized carbons (Fsp3) is 0.333. The van der Waals surface area contributed by atoms with E-state index in [9.17, 15) is 0 Å². The van der Waals surface area contributed by atoms with E-state index >= 15 is 0 Å². The summed E-state index contributed by atoms with van der Waals surface area (Å²) >= 11 is 4.57. The molecule has 0 fully saturated rings. The van der Waals surface area contributed by atoms with Gasteiger partial charge < -0.3 is 10.4 Å². The van der Waals surface area contributed by atoms with Gasteiger partial charge in [0.25, 0.3) is 0 Å². The molecule has 1 atom stereocenters. The Morgan fingerprint density at radius 2 is 1.85 bits per heavy atom. The Morgan fingerprint density at radius 3 is 2.23 bits per heavy atom. The van der Waals surface area contributed by atoms with Crippen molar-refractivity contribution >= 4 is 45.2 Å². The molecule has 13 heavy (non-hydrogen) atoms. The molecule has 0 aliphatic carbocycles. The predicted molar refractivity (Wildman–Crippen MR) is 70.8 cm³/mol. The van der Waals surface area contributed by atoms with Crippen LogP contribution in [0, 0.1) is 7.14 Å². The molecule has 0 spiro atoms. The highest BCUT2D eigenvalue weighted by Crippen LogP contribution is 2.19. The van der Waals surface area contributed by atoms with Crippen molar-refractivity contribution < 1.29 is 5.11 Å². The van der Waals surface area contributed by atoms with Gasteiger partial charge >= 0.3 is 0 Å². The Kier molecular flexibility index (Phi) is 4.91. The van der Waals surface area contributed by atoms with Crippen molar-refractivity contribution in [3.63, 3.8) is 0 Å². The van der Waals surface area contributed by atoms with Gasteiger partial charge in [-0.15, -0.1) is 0 Å². The molecule has 4 heteroatoms. The van der Waals surface area contributed by atoms with Crippen molar-refractivity contribution in [2.24, 2.45) is 0 Å². The zero-order chi connectivity index (χ0) is 9.84. The molecule has 0 saturated carbocycles. The summed E-state index contributed by atoms with van der Waals surface area (Å²) in [7, 11) is 1.85. The molecule has 0 radical (unpaired) electrons. The van der Waals surface area contributed by atoms with Crippen molar-refractivity contribution in [1.82, 2.24) is 5.32 Å². The lowest BCUT2D eigenvalue weighted by Gasteiger charge is -2.14. The standard InChI is InChI=1S/C9H11I2NO/c1-12-9(5-13)6-2-7(10)4-8(11)3-6/h2-4,9,12-13H,5H2,1H3/t9-/m0/s1. The van der Waals surface area contributed by atoms with Crippen LogP contribution in [-0.2, 0) is 0 Å². The summed E-state index contributed by atoms with van der Waals surface area (Å²) in [5, 5.41) is 12.2. The molecule has 1 aromatic carbocycles. The summed E-state index contributed by atoms with van der Waals surface area (Å²) in [6.45, 7) is 0.132. The van der Waals surface area contributed by atoms with Gasteiger partial charge in [0.1, 0.15) is 0 Å². The zero-order valence-electron chi connectivity index (χ0n) is 7.22. The Bertz CT molecular complexity index is 267. The van der Waals surface area contributed by atoms with E-state index in [-0.39, 0.29) is 12.6 Å². The van der Waals surface area contributed by atoms with Crippen LogP contribution in [0.2, 0.25) is 0 Å². The number of hydrogen-bond acceptors (Lipinski definition) is 2. The summed E-state index contributed by atoms with van der Waals surface area (Å²) in [6, 6.07) is 6.32. The SMILES string of the molecule is CN[C@@H](CO)c1cc(I)cc(I)c1. The maximum Gasteiger partial charge on any atom is 0.0626 e. The van der Waals surface area contributed by atoms with E-state index in [1.807, 2.05) is 7.05 Å². The molecule has 2 N–H and O–H groups in total. The fourth-order valence-electron chi connectivity index (χ4n) is 1.14. The first-order valence-electron chi connectivity index (χ1n) is 3.91. The van der Waals surface area contributed by atoms with Crippen molar-refractivity contribution in [3.8, 4) is 0 Å². The van der Waals surface area contributed by atoms with Crippen molar-refractivity contribution in [1.29, 1.82) is 0 Å². The van der Waals surface area contributed by atoms with E-state index < -0.39 is 0 Å². The lowest BCUT2D eigenvalue weighted by Crippen LogP contribution is -2.20. The minimum Gasteiger partial charge on any atom is -0.394 e. The molecule has 0 unspecified atom stereocenters. The van der Waals surface area contributed by atoms with Crippen LogP contribution in [0.15, 0.2) is 18.2 Å². The van der Waals surface area contributed by atoms with E-state index in [0.717, 1.165) is 5.56 Å². The highest BCUT2D eigenvalue weighted by Gasteiger charge is 2.08. The first-order chi connectivity index (χ1) is 6.17. The van der Waals surface area contributed by atoms with Crippen LogP contribution in [-0.4, -0.2) is 18.8 Å². The van der Waals surface area contributed by atoms with Gasteiger partial charge in [-0.05, 0) is 76.0 Å². The van der Waals surface area contributed by atoms with Crippen LogP contribution in [0.3, 0.4) is 0 Å². The molecule has 0 bridgehead atoms. The van der Waals surface area contributed by atoms with E-state index in [4.69, 9.17) is 5.11 Å². The van der Waals surface area contributed by atoms with E-state index in [0.29, 0.717) is 0 Å². The number of nitrogens with one attached hydrogen (secondary N) is 1. The smallest absolute Gasteiger partial charge is 0.0626 e. The third kappa shape index (κ3) is 3.34. The van der Waals surface area contributed by atoms with Crippen molar-refractivity contribution in [3.05, 3.63) is 30.9 Å². The maximum atomic E-state index is 9.09. The highest BCUT2D eigenvalue weighted by molar-refractivity contribution is 14.1. The maximum absolute atomic E-state index is 9.09. The number of halogens is 2. The fourth-order valence-corrected chi connectivity index (χ4v) is 3.13. The van der Waals surface area contributed by atoms with Crippen molar-refractivity contribution in [2.75, 3.05) is 13.7 Å². The van der Waals surface area contributed by atoms with Crippen LogP contribution in [0.4, 0.5) is 0 Å². The molecule has 1 aromatic rings. The molecule has 72 valence electrons. The third-order valence-corrected chi connectivity index (χ3v) is 3.06. The Morgan fingerprint density at radius 1 is 1.31 bits per heavy atom. The van der Waals surface area contributed by atoms with Gasteiger partial charge in [0.2, 0.25) is 0 Å². The quantitative estimate of drug-likeness (QED) is 0.759. The minimum absolute atomic E-state index is 0.0447. The number of likely N-dealkylation sites (N-methyl/N-ethyl adjacent to an activating group) is 1. The average molecular weight is 403 g/mol. The Hall–Kier alpha value is 0.600. The monoisotopic (exact) mass is 403 g/mol. The summed E-state index contributed by atoms with van der Waals surface area (Å²) in [5.74, 6) is 0. The molecular weight excluding hydrogens is 392 g/mol. The van der Waals surface area contributed by atoms with Crippen LogP contribution in [0.5, 0.6) is 0 Å². The van der Waals surface area contributed by atoms with Crippen LogP contribution in [0.1, 0.15) is 11.6 Å². The topological polar surface area (TPSA) is 32.3 Å². The first kappa shape index (κ1) is 11.7. The largest absolute Gasteiger partial charge is 0.394 e. The molecular formula is C9H11I2NO. The summed E-state index contributed by atoms with van der Waals surface area (Å²) in [6.07, 6.45) is 0. The van der Waals surface area contributed by atoms with E-state index in [2.05, 4.69) is 68.7 Å². The average Bonchev–Trinajstić information content (AvgIpc) is 2.04. The van der Waals surface area contributed by atoms with E-state index in [1.54, 1.807) is 0 Å². The molecule has 0 aliphatic rings. The third-order valence-electron chi connectivity index (χ3n) is 1.82. The van der Waals surface area contributed by atoms with Gasteiger partial charge in [0, 0.05) is 7.14 Å². The number of benzene rings is 1. The normalized spacial score (nSPS) is 12.9. The Labute approximate surface area is 105 Å². The lowest BCUT2D eigenvalue weighted by atomic mass is 10.1. The Balaban J connectivity index is 2.99. The van der Waals surface area contributed by atoms with Gasteiger partial charge in [-0.2, -0.15) is 0 Å². The molecule has 0 amide bonds. The zero-order valence-corrected chi connectivity index (χ0v) is 11.5. The molecule has 0 saturated heterocycles.